The van der Waals surface area contributed by atoms with Crippen molar-refractivity contribution in [2.75, 3.05) is 17.2 Å². The van der Waals surface area contributed by atoms with Crippen LogP contribution in [0.2, 0.25) is 0 Å². The minimum absolute atomic E-state index is 0.255. The van der Waals surface area contributed by atoms with E-state index >= 15 is 0 Å². The molecule has 3 N–H and O–H groups in total. The second-order valence-electron chi connectivity index (χ2n) is 6.62. The van der Waals surface area contributed by atoms with Crippen LogP contribution in [0.1, 0.15) is 31.3 Å². The van der Waals surface area contributed by atoms with Gasteiger partial charge in [-0.15, -0.1) is 0 Å². The van der Waals surface area contributed by atoms with E-state index in [4.69, 9.17) is 4.74 Å². The second-order valence-corrected chi connectivity index (χ2v) is 6.62. The Morgan fingerprint density at radius 1 is 0.963 bits per heavy atom. The average molecular weight is 370 g/mol. The van der Waals surface area contributed by atoms with Crippen LogP contribution >= 0.6 is 0 Å². The number of hydrogen-bond donors (Lipinski definition) is 3. The van der Waals surface area contributed by atoms with Gasteiger partial charge >= 0.3 is 6.09 Å². The summed E-state index contributed by atoms with van der Waals surface area (Å²) in [5, 5.41) is 7.72. The molecule has 2 rings (SSSR count). The zero-order valence-electron chi connectivity index (χ0n) is 15.4. The van der Waals surface area contributed by atoms with Gasteiger partial charge in [-0.05, 0) is 45.0 Å². The first-order valence-electron chi connectivity index (χ1n) is 8.33. The molecule has 142 valence electrons. The molecule has 8 nitrogen and oxygen atoms in total. The zero-order valence-corrected chi connectivity index (χ0v) is 15.4. The molecule has 0 aliphatic carbocycles. The molecule has 0 aliphatic heterocycles. The molecule has 0 aliphatic rings. The smallest absolute Gasteiger partial charge is 0.408 e. The van der Waals surface area contributed by atoms with Gasteiger partial charge in [-0.2, -0.15) is 0 Å². The highest BCUT2D eigenvalue weighted by Crippen LogP contribution is 2.21. The maximum atomic E-state index is 12.2. The van der Waals surface area contributed by atoms with Crippen molar-refractivity contribution in [1.29, 1.82) is 0 Å². The van der Waals surface area contributed by atoms with Crippen LogP contribution in [-0.4, -0.2) is 35.0 Å². The molecule has 0 bridgehead atoms. The van der Waals surface area contributed by atoms with Crippen LogP contribution in [0, 0.1) is 0 Å². The van der Waals surface area contributed by atoms with Crippen LogP contribution < -0.4 is 16.0 Å². The number of amides is 3. The summed E-state index contributed by atoms with van der Waals surface area (Å²) in [7, 11) is 0. The van der Waals surface area contributed by atoms with Gasteiger partial charge in [0.05, 0.1) is 11.4 Å². The molecular formula is C19H22N4O4. The van der Waals surface area contributed by atoms with Crippen LogP contribution in [0.5, 0.6) is 0 Å². The SMILES string of the molecule is CC(C)(C)OC(=O)NCC(=O)Nc1ccccc1NC(=O)c1ccccn1. The van der Waals surface area contributed by atoms with Crippen molar-refractivity contribution >= 4 is 29.3 Å². The molecule has 0 fully saturated rings. The Labute approximate surface area is 157 Å². The molecule has 0 atom stereocenters. The molecule has 3 amide bonds. The standard InChI is InChI=1S/C19H22N4O4/c1-19(2,3)27-18(26)21-12-16(24)22-13-8-4-5-9-14(13)23-17(25)15-10-6-7-11-20-15/h4-11H,12H2,1-3H3,(H,21,26)(H,22,24)(H,23,25). The number of rotatable bonds is 5. The molecule has 0 saturated carbocycles. The number of anilines is 2. The first-order chi connectivity index (χ1) is 12.7. The van der Waals surface area contributed by atoms with Crippen molar-refractivity contribution in [2.45, 2.75) is 26.4 Å². The normalized spacial score (nSPS) is 10.6. The number of carbonyl (C=O) groups is 3. The van der Waals surface area contributed by atoms with Gasteiger partial charge < -0.3 is 20.7 Å². The molecular weight excluding hydrogens is 348 g/mol. The zero-order chi connectivity index (χ0) is 19.9. The quantitative estimate of drug-likeness (QED) is 0.750. The first-order valence-corrected chi connectivity index (χ1v) is 8.33. The maximum Gasteiger partial charge on any atom is 0.408 e. The van der Waals surface area contributed by atoms with E-state index in [2.05, 4.69) is 20.9 Å². The van der Waals surface area contributed by atoms with Crippen molar-refractivity contribution in [3.05, 3.63) is 54.4 Å². The first kappa shape index (κ1) is 19.9. The lowest BCUT2D eigenvalue weighted by atomic mass is 10.2. The van der Waals surface area contributed by atoms with Gasteiger partial charge in [-0.1, -0.05) is 18.2 Å². The Hall–Kier alpha value is -3.42. The number of alkyl carbamates (subject to hydrolysis) is 1. The summed E-state index contributed by atoms with van der Waals surface area (Å²) in [6.07, 6.45) is 0.833. The van der Waals surface area contributed by atoms with Crippen LogP contribution in [-0.2, 0) is 9.53 Å². The Morgan fingerprint density at radius 3 is 2.19 bits per heavy atom. The van der Waals surface area contributed by atoms with E-state index in [9.17, 15) is 14.4 Å². The third-order valence-electron chi connectivity index (χ3n) is 3.14. The Balaban J connectivity index is 1.96. The summed E-state index contributed by atoms with van der Waals surface area (Å²) >= 11 is 0. The molecule has 1 heterocycles. The minimum atomic E-state index is -0.686. The molecule has 1 aromatic heterocycles. The highest BCUT2D eigenvalue weighted by Gasteiger charge is 2.17. The monoisotopic (exact) mass is 370 g/mol. The fourth-order valence-electron chi connectivity index (χ4n) is 2.05. The van der Waals surface area contributed by atoms with Crippen molar-refractivity contribution in [1.82, 2.24) is 10.3 Å². The molecule has 1 aromatic carbocycles. The molecule has 27 heavy (non-hydrogen) atoms. The lowest BCUT2D eigenvalue weighted by Crippen LogP contribution is -2.37. The third-order valence-corrected chi connectivity index (χ3v) is 3.14. The summed E-state index contributed by atoms with van der Waals surface area (Å²) in [4.78, 5) is 39.9. The van der Waals surface area contributed by atoms with Crippen molar-refractivity contribution in [3.8, 4) is 0 Å². The number of pyridine rings is 1. The van der Waals surface area contributed by atoms with E-state index in [0.29, 0.717) is 11.4 Å². The van der Waals surface area contributed by atoms with Gasteiger partial charge in [-0.25, -0.2) is 4.79 Å². The van der Waals surface area contributed by atoms with Crippen molar-refractivity contribution in [3.63, 3.8) is 0 Å². The largest absolute Gasteiger partial charge is 0.444 e. The van der Waals surface area contributed by atoms with Crippen molar-refractivity contribution in [2.24, 2.45) is 0 Å². The fraction of sp³-hybridized carbons (Fsp3) is 0.263. The molecule has 0 saturated heterocycles. The molecule has 0 unspecified atom stereocenters. The van der Waals surface area contributed by atoms with E-state index < -0.39 is 23.5 Å². The predicted molar refractivity (Wildman–Crippen MR) is 101 cm³/mol. The van der Waals surface area contributed by atoms with E-state index in [1.807, 2.05) is 0 Å². The Morgan fingerprint density at radius 2 is 1.59 bits per heavy atom. The third kappa shape index (κ3) is 6.77. The van der Waals surface area contributed by atoms with E-state index in [-0.39, 0.29) is 12.2 Å². The lowest BCUT2D eigenvalue weighted by molar-refractivity contribution is -0.115. The highest BCUT2D eigenvalue weighted by atomic mass is 16.6. The van der Waals surface area contributed by atoms with Gasteiger partial charge in [0, 0.05) is 6.20 Å². The highest BCUT2D eigenvalue weighted by molar-refractivity contribution is 6.06. The average Bonchev–Trinajstić information content (AvgIpc) is 2.61. The molecule has 8 heteroatoms. The number of nitrogens with zero attached hydrogens (tertiary/aromatic N) is 1. The summed E-state index contributed by atoms with van der Waals surface area (Å²) in [5.41, 5.74) is 0.421. The van der Waals surface area contributed by atoms with Gasteiger partial charge in [-0.3, -0.25) is 14.6 Å². The molecule has 0 radical (unpaired) electrons. The topological polar surface area (TPSA) is 109 Å². The van der Waals surface area contributed by atoms with Gasteiger partial charge in [0.15, 0.2) is 0 Å². The summed E-state index contributed by atoms with van der Waals surface area (Å²) in [6, 6.07) is 11.7. The molecule has 0 spiro atoms. The fourth-order valence-corrected chi connectivity index (χ4v) is 2.05. The Kier molecular flexibility index (Phi) is 6.48. The van der Waals surface area contributed by atoms with Gasteiger partial charge in [0.2, 0.25) is 5.91 Å². The number of nitrogens with one attached hydrogen (secondary N) is 3. The maximum absolute atomic E-state index is 12.2. The van der Waals surface area contributed by atoms with Gasteiger partial charge in [0.25, 0.3) is 5.91 Å². The van der Waals surface area contributed by atoms with Crippen LogP contribution in [0.25, 0.3) is 0 Å². The number of carbonyl (C=O) groups excluding carboxylic acids is 3. The summed E-state index contributed by atoms with van der Waals surface area (Å²) in [6.45, 7) is 4.92. The van der Waals surface area contributed by atoms with Gasteiger partial charge in [0.1, 0.15) is 17.8 Å². The number of aromatic nitrogens is 1. The second kappa shape index (κ2) is 8.79. The number of para-hydroxylation sites is 2. The van der Waals surface area contributed by atoms with Crippen LogP contribution in [0.15, 0.2) is 48.7 Å². The predicted octanol–water partition coefficient (Wildman–Crippen LogP) is 2.80. The number of ether oxygens (including phenoxy) is 1. The van der Waals surface area contributed by atoms with E-state index in [0.717, 1.165) is 0 Å². The van der Waals surface area contributed by atoms with Crippen LogP contribution in [0.4, 0.5) is 16.2 Å². The minimum Gasteiger partial charge on any atom is -0.444 e. The number of hydrogen-bond acceptors (Lipinski definition) is 5. The summed E-state index contributed by atoms with van der Waals surface area (Å²) in [5.74, 6) is -0.857. The van der Waals surface area contributed by atoms with E-state index in [1.54, 1.807) is 63.2 Å². The van der Waals surface area contributed by atoms with Crippen LogP contribution in [0.3, 0.4) is 0 Å². The molecule has 2 aromatic rings. The van der Waals surface area contributed by atoms with E-state index in [1.165, 1.54) is 6.20 Å². The summed E-state index contributed by atoms with van der Waals surface area (Å²) < 4.78 is 5.07. The van der Waals surface area contributed by atoms with Crippen molar-refractivity contribution < 1.29 is 19.1 Å². The number of benzene rings is 1. The Bertz CT molecular complexity index is 816. The lowest BCUT2D eigenvalue weighted by Gasteiger charge is -2.19.